The van der Waals surface area contributed by atoms with Crippen LogP contribution in [-0.4, -0.2) is 35.9 Å². The van der Waals surface area contributed by atoms with Crippen molar-refractivity contribution < 1.29 is 24.3 Å². The summed E-state index contributed by atoms with van der Waals surface area (Å²) in [7, 11) is 1.26. The van der Waals surface area contributed by atoms with Crippen LogP contribution in [-0.2, 0) is 27.4 Å². The Kier molecular flexibility index (Phi) is 8.87. The highest BCUT2D eigenvalue weighted by molar-refractivity contribution is 6.39. The van der Waals surface area contributed by atoms with E-state index in [-0.39, 0.29) is 18.1 Å². The molecule has 2 aromatic rings. The van der Waals surface area contributed by atoms with Gasteiger partial charge in [-0.15, -0.1) is 0 Å². The molecule has 0 saturated carbocycles. The predicted molar refractivity (Wildman–Crippen MR) is 114 cm³/mol. The van der Waals surface area contributed by atoms with E-state index in [4.69, 9.17) is 14.7 Å². The zero-order chi connectivity index (χ0) is 21.9. The molecule has 7 heteroatoms. The van der Waals surface area contributed by atoms with E-state index in [0.29, 0.717) is 18.8 Å². The van der Waals surface area contributed by atoms with Gasteiger partial charge < -0.3 is 20.0 Å². The number of amides is 1. The molecule has 0 aliphatic carbocycles. The molecule has 0 fully saturated rings. The largest absolute Gasteiger partial charge is 0.489 e. The van der Waals surface area contributed by atoms with Crippen molar-refractivity contribution in [1.82, 2.24) is 5.32 Å². The van der Waals surface area contributed by atoms with Crippen LogP contribution in [0.4, 0.5) is 0 Å². The van der Waals surface area contributed by atoms with Crippen molar-refractivity contribution >= 4 is 17.6 Å². The number of rotatable bonds is 10. The zero-order valence-electron chi connectivity index (χ0n) is 17.5. The van der Waals surface area contributed by atoms with E-state index in [1.807, 2.05) is 68.4 Å². The Morgan fingerprint density at radius 1 is 1.03 bits per heavy atom. The molecule has 1 amide bonds. The van der Waals surface area contributed by atoms with Gasteiger partial charge in [0, 0.05) is 12.8 Å². The van der Waals surface area contributed by atoms with Crippen molar-refractivity contribution in [3.05, 3.63) is 65.7 Å². The van der Waals surface area contributed by atoms with Gasteiger partial charge in [0.15, 0.2) is 0 Å². The summed E-state index contributed by atoms with van der Waals surface area (Å²) in [5.74, 6) is -0.339. The van der Waals surface area contributed by atoms with Gasteiger partial charge in [0.05, 0.1) is 7.11 Å². The first kappa shape index (κ1) is 22.9. The van der Waals surface area contributed by atoms with Crippen molar-refractivity contribution in [2.24, 2.45) is 11.1 Å². The second-order valence-electron chi connectivity index (χ2n) is 7.32. The van der Waals surface area contributed by atoms with Gasteiger partial charge in [0.1, 0.15) is 24.1 Å². The molecule has 0 unspecified atom stereocenters. The lowest BCUT2D eigenvalue weighted by Crippen LogP contribution is -2.46. The maximum Gasteiger partial charge on any atom is 0.328 e. The average molecular weight is 412 g/mol. The molecule has 0 aliphatic rings. The van der Waals surface area contributed by atoms with Crippen LogP contribution in [0, 0.1) is 5.92 Å². The van der Waals surface area contributed by atoms with E-state index in [1.165, 1.54) is 7.11 Å². The number of esters is 1. The SMILES string of the molecule is COC(=O)[C@H](Cc1ccc(OCc2ccccc2)cc1)NC(=O)/C(CC(C)C)=N\O. The second kappa shape index (κ2) is 11.6. The van der Waals surface area contributed by atoms with E-state index >= 15 is 0 Å². The monoisotopic (exact) mass is 412 g/mol. The molecular weight excluding hydrogens is 384 g/mol. The molecule has 0 aliphatic heterocycles. The highest BCUT2D eigenvalue weighted by Crippen LogP contribution is 2.16. The van der Waals surface area contributed by atoms with E-state index in [1.54, 1.807) is 0 Å². The van der Waals surface area contributed by atoms with Crippen molar-refractivity contribution in [3.63, 3.8) is 0 Å². The molecule has 0 heterocycles. The first-order valence-electron chi connectivity index (χ1n) is 9.78. The number of nitrogens with one attached hydrogen (secondary N) is 1. The Bertz CT molecular complexity index is 848. The summed E-state index contributed by atoms with van der Waals surface area (Å²) >= 11 is 0. The molecule has 0 saturated heterocycles. The Hall–Kier alpha value is -3.35. The minimum atomic E-state index is -0.900. The number of hydrogen-bond donors (Lipinski definition) is 2. The summed E-state index contributed by atoms with van der Waals surface area (Å²) in [6.45, 7) is 4.26. The molecule has 0 radical (unpaired) electrons. The number of benzene rings is 2. The van der Waals surface area contributed by atoms with Crippen LogP contribution in [0.2, 0.25) is 0 Å². The first-order valence-corrected chi connectivity index (χ1v) is 9.78. The third kappa shape index (κ3) is 7.24. The lowest BCUT2D eigenvalue weighted by atomic mass is 10.0. The Balaban J connectivity index is 2.00. The van der Waals surface area contributed by atoms with Gasteiger partial charge in [-0.25, -0.2) is 4.79 Å². The topological polar surface area (TPSA) is 97.2 Å². The number of oxime groups is 1. The quantitative estimate of drug-likeness (QED) is 0.270. The lowest BCUT2D eigenvalue weighted by molar-refractivity contribution is -0.144. The van der Waals surface area contributed by atoms with E-state index < -0.39 is 17.9 Å². The molecule has 7 nitrogen and oxygen atoms in total. The molecule has 0 spiro atoms. The summed E-state index contributed by atoms with van der Waals surface area (Å²) in [6.07, 6.45) is 0.529. The van der Waals surface area contributed by atoms with Crippen LogP contribution in [0.5, 0.6) is 5.75 Å². The van der Waals surface area contributed by atoms with E-state index in [2.05, 4.69) is 10.5 Å². The fourth-order valence-electron chi connectivity index (χ4n) is 2.84. The number of carbonyl (C=O) groups is 2. The summed E-state index contributed by atoms with van der Waals surface area (Å²) < 4.78 is 10.6. The fraction of sp³-hybridized carbons (Fsp3) is 0.348. The third-order valence-electron chi connectivity index (χ3n) is 4.39. The summed E-state index contributed by atoms with van der Waals surface area (Å²) in [6, 6.07) is 16.2. The van der Waals surface area contributed by atoms with Crippen LogP contribution >= 0.6 is 0 Å². The Morgan fingerprint density at radius 3 is 2.27 bits per heavy atom. The van der Waals surface area contributed by atoms with Crippen molar-refractivity contribution in [2.75, 3.05) is 7.11 Å². The summed E-state index contributed by atoms with van der Waals surface area (Å²) in [4.78, 5) is 24.5. The molecule has 2 aromatic carbocycles. The van der Waals surface area contributed by atoms with Crippen molar-refractivity contribution in [2.45, 2.75) is 39.3 Å². The minimum absolute atomic E-state index is 0.0245. The molecular formula is C23H28N2O5. The van der Waals surface area contributed by atoms with Gasteiger partial charge in [-0.3, -0.25) is 4.79 Å². The fourth-order valence-corrected chi connectivity index (χ4v) is 2.84. The highest BCUT2D eigenvalue weighted by Gasteiger charge is 2.25. The number of nitrogens with zero attached hydrogens (tertiary/aromatic N) is 1. The third-order valence-corrected chi connectivity index (χ3v) is 4.39. The molecule has 2 rings (SSSR count). The van der Waals surface area contributed by atoms with E-state index in [0.717, 1.165) is 11.1 Å². The van der Waals surface area contributed by atoms with Crippen LogP contribution < -0.4 is 10.1 Å². The highest BCUT2D eigenvalue weighted by atomic mass is 16.5. The van der Waals surface area contributed by atoms with Gasteiger partial charge in [-0.05, 0) is 29.2 Å². The Labute approximate surface area is 176 Å². The number of methoxy groups -OCH3 is 1. The molecule has 0 bridgehead atoms. The van der Waals surface area contributed by atoms with Crippen LogP contribution in [0.1, 0.15) is 31.4 Å². The van der Waals surface area contributed by atoms with Gasteiger partial charge in [-0.2, -0.15) is 0 Å². The van der Waals surface area contributed by atoms with Gasteiger partial charge in [0.25, 0.3) is 5.91 Å². The maximum atomic E-state index is 12.4. The van der Waals surface area contributed by atoms with E-state index in [9.17, 15) is 9.59 Å². The number of ether oxygens (including phenoxy) is 2. The van der Waals surface area contributed by atoms with Gasteiger partial charge >= 0.3 is 5.97 Å². The molecule has 160 valence electrons. The molecule has 30 heavy (non-hydrogen) atoms. The van der Waals surface area contributed by atoms with Crippen LogP contribution in [0.25, 0.3) is 0 Å². The molecule has 1 atom stereocenters. The average Bonchev–Trinajstić information content (AvgIpc) is 2.76. The van der Waals surface area contributed by atoms with Gasteiger partial charge in [-0.1, -0.05) is 61.5 Å². The maximum absolute atomic E-state index is 12.4. The normalized spacial score (nSPS) is 12.3. The van der Waals surface area contributed by atoms with Gasteiger partial charge in [0.2, 0.25) is 0 Å². The van der Waals surface area contributed by atoms with Crippen molar-refractivity contribution in [3.8, 4) is 5.75 Å². The zero-order valence-corrected chi connectivity index (χ0v) is 17.5. The smallest absolute Gasteiger partial charge is 0.328 e. The molecule has 0 aromatic heterocycles. The Morgan fingerprint density at radius 2 is 1.70 bits per heavy atom. The predicted octanol–water partition coefficient (Wildman–Crippen LogP) is 3.34. The number of carbonyl (C=O) groups excluding carboxylic acids is 2. The van der Waals surface area contributed by atoms with Crippen LogP contribution in [0.15, 0.2) is 59.8 Å². The summed E-state index contributed by atoms with van der Waals surface area (Å²) in [5, 5.41) is 14.8. The first-order chi connectivity index (χ1) is 14.4. The number of hydrogen-bond acceptors (Lipinski definition) is 6. The summed E-state index contributed by atoms with van der Waals surface area (Å²) in [5.41, 5.74) is 1.87. The minimum Gasteiger partial charge on any atom is -0.489 e. The lowest BCUT2D eigenvalue weighted by Gasteiger charge is -2.17. The molecule has 2 N–H and O–H groups in total. The second-order valence-corrected chi connectivity index (χ2v) is 7.32. The van der Waals surface area contributed by atoms with Crippen LogP contribution in [0.3, 0.4) is 0 Å². The standard InChI is InChI=1S/C23H28N2O5/c1-16(2)13-20(25-28)22(26)24-21(23(27)29-3)14-17-9-11-19(12-10-17)30-15-18-7-5-4-6-8-18/h4-12,16,21,28H,13-15H2,1-3H3,(H,24,26)/b25-20-/t21-/m0/s1. The van der Waals surface area contributed by atoms with Crippen molar-refractivity contribution in [1.29, 1.82) is 0 Å².